The van der Waals surface area contributed by atoms with Crippen molar-refractivity contribution >= 4 is 5.91 Å². The van der Waals surface area contributed by atoms with Crippen LogP contribution in [0.3, 0.4) is 0 Å². The number of benzene rings is 1. The number of amides is 1. The summed E-state index contributed by atoms with van der Waals surface area (Å²) < 4.78 is 11.3. The van der Waals surface area contributed by atoms with Crippen LogP contribution in [0.5, 0.6) is 0 Å². The van der Waals surface area contributed by atoms with Crippen molar-refractivity contribution < 1.29 is 19.4 Å². The van der Waals surface area contributed by atoms with E-state index in [2.05, 4.69) is 12.1 Å². The van der Waals surface area contributed by atoms with Crippen molar-refractivity contribution in [2.75, 3.05) is 33.0 Å². The van der Waals surface area contributed by atoms with Gasteiger partial charge < -0.3 is 19.5 Å². The first kappa shape index (κ1) is 18.0. The van der Waals surface area contributed by atoms with Crippen LogP contribution in [-0.2, 0) is 20.7 Å². The van der Waals surface area contributed by atoms with Crippen molar-refractivity contribution in [2.24, 2.45) is 11.8 Å². The number of carbonyl (C=O) groups excluding carboxylic acids is 1. The summed E-state index contributed by atoms with van der Waals surface area (Å²) in [5.74, 6) is 0.222. The summed E-state index contributed by atoms with van der Waals surface area (Å²) in [5.41, 5.74) is 0.530. The third kappa shape index (κ3) is 3.40. The molecule has 0 unspecified atom stereocenters. The fourth-order valence-corrected chi connectivity index (χ4v) is 4.98. The zero-order valence-electron chi connectivity index (χ0n) is 15.3. The molecule has 1 aromatic rings. The van der Waals surface area contributed by atoms with E-state index in [9.17, 15) is 9.90 Å². The fourth-order valence-electron chi connectivity index (χ4n) is 4.98. The molecule has 3 fully saturated rings. The van der Waals surface area contributed by atoms with Crippen LogP contribution < -0.4 is 0 Å². The Kier molecular flexibility index (Phi) is 5.30. The Balaban J connectivity index is 1.42. The van der Waals surface area contributed by atoms with E-state index in [-0.39, 0.29) is 23.8 Å². The second kappa shape index (κ2) is 7.67. The van der Waals surface area contributed by atoms with E-state index in [4.69, 9.17) is 9.47 Å². The van der Waals surface area contributed by atoms with Gasteiger partial charge in [-0.05, 0) is 24.8 Å². The van der Waals surface area contributed by atoms with Crippen LogP contribution in [0.2, 0.25) is 0 Å². The number of likely N-dealkylation sites (tertiary alicyclic amines) is 1. The van der Waals surface area contributed by atoms with Crippen molar-refractivity contribution in [3.8, 4) is 0 Å². The van der Waals surface area contributed by atoms with Crippen molar-refractivity contribution in [1.29, 1.82) is 0 Å². The molecule has 4 rings (SSSR count). The van der Waals surface area contributed by atoms with E-state index in [1.807, 2.05) is 23.1 Å². The Bertz CT molecular complexity index is 622. The van der Waals surface area contributed by atoms with Crippen LogP contribution >= 0.6 is 0 Å². The first-order valence-corrected chi connectivity index (χ1v) is 9.90. The van der Waals surface area contributed by atoms with E-state index >= 15 is 0 Å². The first-order chi connectivity index (χ1) is 12.7. The summed E-state index contributed by atoms with van der Waals surface area (Å²) in [6.07, 6.45) is 3.82. The molecule has 5 heteroatoms. The monoisotopic (exact) mass is 359 g/mol. The van der Waals surface area contributed by atoms with Crippen molar-refractivity contribution in [3.63, 3.8) is 0 Å². The molecule has 1 N–H and O–H groups in total. The number of fused-ring (bicyclic) bond motifs is 3. The molecule has 0 bridgehead atoms. The molecule has 5 nitrogen and oxygen atoms in total. The van der Waals surface area contributed by atoms with E-state index in [1.165, 1.54) is 5.56 Å². The van der Waals surface area contributed by atoms with Crippen LogP contribution in [0.1, 0.15) is 31.2 Å². The lowest BCUT2D eigenvalue weighted by atomic mass is 9.66. The molecule has 3 saturated heterocycles. The molecule has 4 atom stereocenters. The maximum atomic E-state index is 13.0. The minimum Gasteiger partial charge on any atom is -0.389 e. The maximum absolute atomic E-state index is 13.0. The topological polar surface area (TPSA) is 59.0 Å². The number of nitrogens with zero attached hydrogens (tertiary/aromatic N) is 1. The Morgan fingerprint density at radius 2 is 2.00 bits per heavy atom. The Labute approximate surface area is 155 Å². The summed E-state index contributed by atoms with van der Waals surface area (Å²) in [6.45, 7) is 2.97. The number of hydrogen-bond acceptors (Lipinski definition) is 4. The maximum Gasteiger partial charge on any atom is 0.222 e. The molecule has 3 aliphatic heterocycles. The predicted octanol–water partition coefficient (Wildman–Crippen LogP) is 2.02. The van der Waals surface area contributed by atoms with Gasteiger partial charge in [0.05, 0.1) is 18.8 Å². The smallest absolute Gasteiger partial charge is 0.222 e. The number of carbonyl (C=O) groups is 1. The summed E-state index contributed by atoms with van der Waals surface area (Å²) >= 11 is 0. The molecule has 3 heterocycles. The van der Waals surface area contributed by atoms with Crippen molar-refractivity contribution in [3.05, 3.63) is 35.9 Å². The van der Waals surface area contributed by atoms with E-state index < -0.39 is 5.60 Å². The Morgan fingerprint density at radius 3 is 2.85 bits per heavy atom. The van der Waals surface area contributed by atoms with Gasteiger partial charge in [-0.2, -0.15) is 0 Å². The van der Waals surface area contributed by atoms with Crippen molar-refractivity contribution in [2.45, 2.75) is 43.7 Å². The SMILES string of the molecule is O=C(CCCc1ccccc1)N1C[C@H]2COCC[C@@]2(O)[C@@H]2COCC[C@@H]21. The van der Waals surface area contributed by atoms with Gasteiger partial charge in [-0.1, -0.05) is 30.3 Å². The number of aryl methyl sites for hydroxylation is 1. The Hall–Kier alpha value is -1.43. The molecular formula is C21H29NO4. The number of aliphatic hydroxyl groups is 1. The van der Waals surface area contributed by atoms with Crippen LogP contribution in [0.25, 0.3) is 0 Å². The average Bonchev–Trinajstić information content (AvgIpc) is 2.68. The summed E-state index contributed by atoms with van der Waals surface area (Å²) in [5, 5.41) is 11.3. The zero-order valence-corrected chi connectivity index (χ0v) is 15.3. The minimum absolute atomic E-state index is 0.00252. The van der Waals surface area contributed by atoms with Gasteiger partial charge >= 0.3 is 0 Å². The normalized spacial score (nSPS) is 34.0. The average molecular weight is 359 g/mol. The number of piperidine rings is 1. The molecule has 0 aliphatic carbocycles. The van der Waals surface area contributed by atoms with Gasteiger partial charge in [-0.25, -0.2) is 0 Å². The molecule has 26 heavy (non-hydrogen) atoms. The lowest BCUT2D eigenvalue weighted by Gasteiger charge is -2.57. The summed E-state index contributed by atoms with van der Waals surface area (Å²) in [6, 6.07) is 10.4. The molecule has 0 radical (unpaired) electrons. The molecule has 0 aromatic heterocycles. The molecule has 0 saturated carbocycles. The molecular weight excluding hydrogens is 330 g/mol. The van der Waals surface area contributed by atoms with Gasteiger partial charge in [-0.15, -0.1) is 0 Å². The second-order valence-corrected chi connectivity index (χ2v) is 7.94. The van der Waals surface area contributed by atoms with Crippen LogP contribution in [0, 0.1) is 11.8 Å². The highest BCUT2D eigenvalue weighted by Gasteiger charge is 2.56. The third-order valence-electron chi connectivity index (χ3n) is 6.47. The van der Waals surface area contributed by atoms with Crippen LogP contribution in [0.15, 0.2) is 30.3 Å². The van der Waals surface area contributed by atoms with Gasteiger partial charge in [0.25, 0.3) is 0 Å². The minimum atomic E-state index is -0.746. The van der Waals surface area contributed by atoms with Crippen LogP contribution in [0.4, 0.5) is 0 Å². The van der Waals surface area contributed by atoms with Gasteiger partial charge in [0.15, 0.2) is 0 Å². The molecule has 3 aliphatic rings. The van der Waals surface area contributed by atoms with E-state index in [0.717, 1.165) is 19.3 Å². The summed E-state index contributed by atoms with van der Waals surface area (Å²) in [7, 11) is 0. The highest BCUT2D eigenvalue weighted by Crippen LogP contribution is 2.44. The largest absolute Gasteiger partial charge is 0.389 e. The highest BCUT2D eigenvalue weighted by atomic mass is 16.5. The van der Waals surface area contributed by atoms with Gasteiger partial charge in [0.2, 0.25) is 5.91 Å². The van der Waals surface area contributed by atoms with Crippen LogP contribution in [-0.4, -0.2) is 60.5 Å². The molecule has 142 valence electrons. The van der Waals surface area contributed by atoms with Crippen molar-refractivity contribution in [1.82, 2.24) is 4.90 Å². The zero-order chi connectivity index (χ0) is 18.0. The quantitative estimate of drug-likeness (QED) is 0.894. The van der Waals surface area contributed by atoms with E-state index in [1.54, 1.807) is 0 Å². The third-order valence-corrected chi connectivity index (χ3v) is 6.47. The summed E-state index contributed by atoms with van der Waals surface area (Å²) in [4.78, 5) is 15.0. The second-order valence-electron chi connectivity index (χ2n) is 7.94. The highest BCUT2D eigenvalue weighted by molar-refractivity contribution is 5.76. The van der Waals surface area contributed by atoms with Gasteiger partial charge in [0, 0.05) is 50.5 Å². The van der Waals surface area contributed by atoms with Gasteiger partial charge in [0.1, 0.15) is 0 Å². The molecule has 1 amide bonds. The number of rotatable bonds is 4. The first-order valence-electron chi connectivity index (χ1n) is 9.90. The fraction of sp³-hybridized carbons (Fsp3) is 0.667. The number of hydrogen-bond donors (Lipinski definition) is 1. The number of ether oxygens (including phenoxy) is 2. The predicted molar refractivity (Wildman–Crippen MR) is 97.7 cm³/mol. The lowest BCUT2D eigenvalue weighted by Crippen LogP contribution is -2.68. The lowest BCUT2D eigenvalue weighted by molar-refractivity contribution is -0.219. The van der Waals surface area contributed by atoms with Gasteiger partial charge in [-0.3, -0.25) is 4.79 Å². The Morgan fingerprint density at radius 1 is 1.19 bits per heavy atom. The molecule has 0 spiro atoms. The molecule has 1 aromatic carbocycles. The standard InChI is InChI=1S/C21H29NO4/c23-20(8-4-7-16-5-2-1-3-6-16)22-13-17-14-26-12-10-21(17,24)18-15-25-11-9-19(18)22/h1-3,5-6,17-19,24H,4,7-15H2/t17-,18+,19-,21-/m0/s1. The van der Waals surface area contributed by atoms with E-state index in [0.29, 0.717) is 45.8 Å².